The maximum Gasteiger partial charge on any atom is 0.142 e. The van der Waals surface area contributed by atoms with Gasteiger partial charge >= 0.3 is 0 Å². The highest BCUT2D eigenvalue weighted by molar-refractivity contribution is 9.10. The lowest BCUT2D eigenvalue weighted by Gasteiger charge is -2.16. The van der Waals surface area contributed by atoms with E-state index >= 15 is 0 Å². The van der Waals surface area contributed by atoms with Crippen molar-refractivity contribution in [2.75, 3.05) is 0 Å². The van der Waals surface area contributed by atoms with Gasteiger partial charge in [0.15, 0.2) is 0 Å². The van der Waals surface area contributed by atoms with Gasteiger partial charge in [-0.3, -0.25) is 5.84 Å². The Hall–Kier alpha value is -1.76. The summed E-state index contributed by atoms with van der Waals surface area (Å²) in [7, 11) is 0. The van der Waals surface area contributed by atoms with E-state index in [1.165, 1.54) is 0 Å². The van der Waals surface area contributed by atoms with E-state index in [-0.39, 0.29) is 5.82 Å². The van der Waals surface area contributed by atoms with Gasteiger partial charge in [-0.25, -0.2) is 14.3 Å². The summed E-state index contributed by atoms with van der Waals surface area (Å²) in [6, 6.07) is 10.4. The highest BCUT2D eigenvalue weighted by atomic mass is 79.9. The molecule has 1 unspecified atom stereocenters. The average Bonchev–Trinajstić information content (AvgIpc) is 2.88. The van der Waals surface area contributed by atoms with Crippen molar-refractivity contribution < 1.29 is 4.39 Å². The van der Waals surface area contributed by atoms with Gasteiger partial charge in [-0.05, 0) is 34.1 Å². The highest BCUT2D eigenvalue weighted by Gasteiger charge is 2.21. The molecule has 6 heteroatoms. The second kappa shape index (κ2) is 5.32. The van der Waals surface area contributed by atoms with Crippen molar-refractivity contribution >= 4 is 21.4 Å². The molecule has 0 spiro atoms. The van der Waals surface area contributed by atoms with E-state index in [9.17, 15) is 4.39 Å². The summed E-state index contributed by atoms with van der Waals surface area (Å²) in [5.74, 6) is 5.31. The van der Waals surface area contributed by atoms with Gasteiger partial charge in [0, 0.05) is 17.3 Å². The molecule has 1 aromatic carbocycles. The zero-order valence-electron chi connectivity index (χ0n) is 10.4. The zero-order chi connectivity index (χ0) is 14.1. The van der Waals surface area contributed by atoms with Crippen LogP contribution in [-0.4, -0.2) is 9.61 Å². The van der Waals surface area contributed by atoms with Gasteiger partial charge in [0.2, 0.25) is 0 Å². The molecule has 0 saturated carbocycles. The van der Waals surface area contributed by atoms with E-state index in [0.717, 1.165) is 11.1 Å². The molecule has 0 saturated heterocycles. The molecule has 0 aliphatic heterocycles. The fourth-order valence-electron chi connectivity index (χ4n) is 2.27. The summed E-state index contributed by atoms with van der Waals surface area (Å²) in [6.07, 6.45) is 3.53. The Kier molecular flexibility index (Phi) is 3.52. The van der Waals surface area contributed by atoms with E-state index < -0.39 is 6.04 Å². The number of hydrogen-bond acceptors (Lipinski definition) is 3. The third-order valence-corrected chi connectivity index (χ3v) is 3.84. The van der Waals surface area contributed by atoms with Gasteiger partial charge in [0.05, 0.1) is 22.2 Å². The summed E-state index contributed by atoms with van der Waals surface area (Å²) in [6.45, 7) is 0. The van der Waals surface area contributed by atoms with Crippen LogP contribution in [0.5, 0.6) is 0 Å². The first-order chi connectivity index (χ1) is 9.72. The van der Waals surface area contributed by atoms with Crippen molar-refractivity contribution in [3.05, 3.63) is 70.2 Å². The molecular weight excluding hydrogens is 323 g/mol. The smallest absolute Gasteiger partial charge is 0.142 e. The van der Waals surface area contributed by atoms with E-state index in [1.54, 1.807) is 28.9 Å². The lowest BCUT2D eigenvalue weighted by molar-refractivity contribution is 0.557. The molecule has 0 radical (unpaired) electrons. The van der Waals surface area contributed by atoms with Crippen molar-refractivity contribution in [3.8, 4) is 0 Å². The molecule has 1 atom stereocenters. The third-order valence-electron chi connectivity index (χ3n) is 3.23. The second-order valence-electron chi connectivity index (χ2n) is 4.37. The highest BCUT2D eigenvalue weighted by Crippen LogP contribution is 2.29. The van der Waals surface area contributed by atoms with Gasteiger partial charge in [0.1, 0.15) is 5.82 Å². The lowest BCUT2D eigenvalue weighted by atomic mass is 10.00. The van der Waals surface area contributed by atoms with Gasteiger partial charge in [-0.15, -0.1) is 0 Å². The average molecular weight is 335 g/mol. The monoisotopic (exact) mass is 334 g/mol. The minimum Gasteiger partial charge on any atom is -0.271 e. The summed E-state index contributed by atoms with van der Waals surface area (Å²) in [4.78, 5) is 0. The number of pyridine rings is 1. The van der Waals surface area contributed by atoms with Crippen molar-refractivity contribution in [3.63, 3.8) is 0 Å². The number of aromatic nitrogens is 2. The lowest BCUT2D eigenvalue weighted by Crippen LogP contribution is -2.29. The molecule has 3 rings (SSSR count). The number of nitrogens with zero attached hydrogens (tertiary/aromatic N) is 2. The predicted molar refractivity (Wildman–Crippen MR) is 78.5 cm³/mol. The number of nitrogens with one attached hydrogen (secondary N) is 1. The molecule has 102 valence electrons. The topological polar surface area (TPSA) is 55.3 Å². The third kappa shape index (κ3) is 2.11. The predicted octanol–water partition coefficient (Wildman–Crippen LogP) is 2.79. The molecule has 0 aliphatic rings. The van der Waals surface area contributed by atoms with Crippen LogP contribution in [0.15, 0.2) is 53.3 Å². The molecule has 2 aromatic heterocycles. The minimum absolute atomic E-state index is 0.328. The van der Waals surface area contributed by atoms with Crippen LogP contribution in [0.2, 0.25) is 0 Å². The first kappa shape index (κ1) is 13.2. The fourth-order valence-corrected chi connectivity index (χ4v) is 2.65. The molecule has 2 heterocycles. The molecule has 3 N–H and O–H groups in total. The van der Waals surface area contributed by atoms with Crippen molar-refractivity contribution in [1.82, 2.24) is 15.0 Å². The number of nitrogens with two attached hydrogens (primary N) is 1. The Morgan fingerprint density at radius 1 is 1.20 bits per heavy atom. The normalized spacial score (nSPS) is 12.8. The summed E-state index contributed by atoms with van der Waals surface area (Å²) in [5, 5.41) is 4.25. The van der Waals surface area contributed by atoms with Gasteiger partial charge < -0.3 is 0 Å². The molecular formula is C14H12BrFN4. The van der Waals surface area contributed by atoms with Crippen LogP contribution in [-0.2, 0) is 0 Å². The molecule has 20 heavy (non-hydrogen) atoms. The van der Waals surface area contributed by atoms with Gasteiger partial charge in [0.25, 0.3) is 0 Å². The minimum atomic E-state index is -0.465. The number of rotatable bonds is 3. The molecule has 0 aliphatic carbocycles. The van der Waals surface area contributed by atoms with Crippen molar-refractivity contribution in [1.29, 1.82) is 0 Å². The van der Waals surface area contributed by atoms with Crippen LogP contribution in [0, 0.1) is 5.82 Å². The Morgan fingerprint density at radius 2 is 2.05 bits per heavy atom. The van der Waals surface area contributed by atoms with E-state index in [2.05, 4.69) is 26.5 Å². The zero-order valence-corrected chi connectivity index (χ0v) is 12.0. The van der Waals surface area contributed by atoms with E-state index in [0.29, 0.717) is 10.0 Å². The number of halogens is 2. The van der Waals surface area contributed by atoms with Crippen molar-refractivity contribution in [2.45, 2.75) is 6.04 Å². The SMILES string of the molecule is NNC(c1cccc(Br)c1F)c1cnn2ccccc12. The Labute approximate surface area is 123 Å². The van der Waals surface area contributed by atoms with Crippen LogP contribution in [0.1, 0.15) is 17.2 Å². The fraction of sp³-hybridized carbons (Fsp3) is 0.0714. The number of benzene rings is 1. The second-order valence-corrected chi connectivity index (χ2v) is 5.23. The summed E-state index contributed by atoms with van der Waals surface area (Å²) < 4.78 is 16.4. The molecule has 0 amide bonds. The first-order valence-corrected chi connectivity index (χ1v) is 6.84. The summed E-state index contributed by atoms with van der Waals surface area (Å²) >= 11 is 3.19. The van der Waals surface area contributed by atoms with Crippen LogP contribution in [0.25, 0.3) is 5.52 Å². The molecule has 0 fully saturated rings. The van der Waals surface area contributed by atoms with Gasteiger partial charge in [-0.1, -0.05) is 18.2 Å². The summed E-state index contributed by atoms with van der Waals surface area (Å²) in [5.41, 5.74) is 4.85. The molecule has 4 nitrogen and oxygen atoms in total. The van der Waals surface area contributed by atoms with Crippen molar-refractivity contribution in [2.24, 2.45) is 5.84 Å². The van der Waals surface area contributed by atoms with Crippen LogP contribution < -0.4 is 11.3 Å². The number of hydrogen-bond donors (Lipinski definition) is 2. The largest absolute Gasteiger partial charge is 0.271 e. The molecule has 3 aromatic rings. The van der Waals surface area contributed by atoms with Gasteiger partial charge in [-0.2, -0.15) is 5.10 Å². The first-order valence-electron chi connectivity index (χ1n) is 6.04. The van der Waals surface area contributed by atoms with Crippen LogP contribution in [0.3, 0.4) is 0 Å². The standard InChI is InChI=1S/C14H12BrFN4/c15-11-5-3-4-9(13(11)16)14(19-17)10-8-18-20-7-2-1-6-12(10)20/h1-8,14,19H,17H2. The van der Waals surface area contributed by atoms with E-state index in [1.807, 2.05) is 24.4 Å². The maximum atomic E-state index is 14.3. The van der Waals surface area contributed by atoms with Crippen LogP contribution >= 0.6 is 15.9 Å². The molecule has 0 bridgehead atoms. The Morgan fingerprint density at radius 3 is 2.85 bits per heavy atom. The quantitative estimate of drug-likeness (QED) is 0.572. The Bertz CT molecular complexity index is 756. The maximum absolute atomic E-state index is 14.3. The van der Waals surface area contributed by atoms with Crippen LogP contribution in [0.4, 0.5) is 4.39 Å². The number of hydrazine groups is 1. The van der Waals surface area contributed by atoms with E-state index in [4.69, 9.17) is 5.84 Å². The Balaban J connectivity index is 2.17. The number of fused-ring (bicyclic) bond motifs is 1.